The number of para-hydroxylation sites is 2. The average Bonchev–Trinajstić information content (AvgIpc) is 2.62. The van der Waals surface area contributed by atoms with E-state index in [1.165, 1.54) is 0 Å². The van der Waals surface area contributed by atoms with E-state index in [1.54, 1.807) is 7.11 Å². The van der Waals surface area contributed by atoms with E-state index in [1.807, 2.05) is 36.4 Å². The molecular formula is C20H22N2O2. The topological polar surface area (TPSA) is 45.6 Å². The van der Waals surface area contributed by atoms with Gasteiger partial charge in [0.2, 0.25) is 0 Å². The molecule has 0 fully saturated rings. The molecule has 0 radical (unpaired) electrons. The molecule has 0 saturated heterocycles. The Morgan fingerprint density at radius 3 is 2.58 bits per heavy atom. The molecule has 0 bridgehead atoms. The van der Waals surface area contributed by atoms with Crippen molar-refractivity contribution in [2.24, 2.45) is 0 Å². The Labute approximate surface area is 142 Å². The maximum atomic E-state index is 9.40. The molecule has 0 aliphatic heterocycles. The van der Waals surface area contributed by atoms with Gasteiger partial charge in [-0.05, 0) is 18.2 Å². The summed E-state index contributed by atoms with van der Waals surface area (Å²) in [6.07, 6.45) is 0. The van der Waals surface area contributed by atoms with E-state index < -0.39 is 0 Å². The fourth-order valence-electron chi connectivity index (χ4n) is 2.86. The summed E-state index contributed by atoms with van der Waals surface area (Å²) in [6.45, 7) is 2.10. The van der Waals surface area contributed by atoms with Crippen LogP contribution in [0.4, 0.5) is 0 Å². The minimum absolute atomic E-state index is 0.114. The molecule has 2 aromatic carbocycles. The minimum Gasteiger partial charge on any atom is -0.496 e. The second kappa shape index (κ2) is 7.90. The Bertz CT molecular complexity index is 804. The predicted molar refractivity (Wildman–Crippen MR) is 95.9 cm³/mol. The SMILES string of the molecule is COc1ccccc1CN(CCO)Cc1ccc2ccccc2n1. The van der Waals surface area contributed by atoms with Crippen LogP contribution >= 0.6 is 0 Å². The number of aliphatic hydroxyl groups is 1. The van der Waals surface area contributed by atoms with E-state index in [9.17, 15) is 5.11 Å². The molecule has 0 aliphatic rings. The number of rotatable bonds is 7. The fourth-order valence-corrected chi connectivity index (χ4v) is 2.86. The van der Waals surface area contributed by atoms with E-state index >= 15 is 0 Å². The van der Waals surface area contributed by atoms with Gasteiger partial charge >= 0.3 is 0 Å². The maximum absolute atomic E-state index is 9.40. The minimum atomic E-state index is 0.114. The first-order valence-electron chi connectivity index (χ1n) is 8.10. The molecule has 4 heteroatoms. The highest BCUT2D eigenvalue weighted by molar-refractivity contribution is 5.78. The van der Waals surface area contributed by atoms with E-state index in [0.717, 1.165) is 27.9 Å². The smallest absolute Gasteiger partial charge is 0.123 e. The lowest BCUT2D eigenvalue weighted by molar-refractivity contribution is 0.181. The van der Waals surface area contributed by atoms with Gasteiger partial charge in [0.05, 0.1) is 24.9 Å². The maximum Gasteiger partial charge on any atom is 0.123 e. The number of fused-ring (bicyclic) bond motifs is 1. The van der Waals surface area contributed by atoms with Gasteiger partial charge in [-0.25, -0.2) is 0 Å². The van der Waals surface area contributed by atoms with Crippen LogP contribution in [0, 0.1) is 0 Å². The molecule has 0 aliphatic carbocycles. The van der Waals surface area contributed by atoms with Crippen LogP contribution in [-0.4, -0.2) is 35.3 Å². The number of ether oxygens (including phenoxy) is 1. The summed E-state index contributed by atoms with van der Waals surface area (Å²) in [6, 6.07) is 20.2. The van der Waals surface area contributed by atoms with Crippen molar-refractivity contribution in [3.05, 3.63) is 71.9 Å². The monoisotopic (exact) mass is 322 g/mol. The molecule has 24 heavy (non-hydrogen) atoms. The van der Waals surface area contributed by atoms with Gasteiger partial charge in [-0.1, -0.05) is 42.5 Å². The Morgan fingerprint density at radius 1 is 0.958 bits per heavy atom. The highest BCUT2D eigenvalue weighted by Gasteiger charge is 2.11. The first kappa shape index (κ1) is 16.4. The van der Waals surface area contributed by atoms with E-state index in [4.69, 9.17) is 9.72 Å². The van der Waals surface area contributed by atoms with Crippen LogP contribution in [0.1, 0.15) is 11.3 Å². The quantitative estimate of drug-likeness (QED) is 0.725. The van der Waals surface area contributed by atoms with Gasteiger partial charge in [0, 0.05) is 30.6 Å². The lowest BCUT2D eigenvalue weighted by atomic mass is 10.1. The zero-order valence-electron chi connectivity index (χ0n) is 13.9. The summed E-state index contributed by atoms with van der Waals surface area (Å²) < 4.78 is 5.43. The highest BCUT2D eigenvalue weighted by Crippen LogP contribution is 2.20. The molecule has 3 aromatic rings. The van der Waals surface area contributed by atoms with Crippen molar-refractivity contribution in [3.63, 3.8) is 0 Å². The third-order valence-corrected chi connectivity index (χ3v) is 4.04. The number of methoxy groups -OCH3 is 1. The van der Waals surface area contributed by atoms with Gasteiger partial charge in [-0.2, -0.15) is 0 Å². The molecule has 4 nitrogen and oxygen atoms in total. The molecule has 1 heterocycles. The van der Waals surface area contributed by atoms with Gasteiger partial charge in [0.1, 0.15) is 5.75 Å². The van der Waals surface area contributed by atoms with E-state index in [2.05, 4.69) is 29.2 Å². The molecule has 0 unspecified atom stereocenters. The second-order valence-electron chi connectivity index (χ2n) is 5.74. The van der Waals surface area contributed by atoms with Crippen LogP contribution < -0.4 is 4.74 Å². The number of hydrogen-bond acceptors (Lipinski definition) is 4. The van der Waals surface area contributed by atoms with Gasteiger partial charge in [0.25, 0.3) is 0 Å². The summed E-state index contributed by atoms with van der Waals surface area (Å²) in [4.78, 5) is 6.90. The number of benzene rings is 2. The third-order valence-electron chi connectivity index (χ3n) is 4.04. The standard InChI is InChI=1S/C20H22N2O2/c1-24-20-9-5-3-7-17(20)14-22(12-13-23)15-18-11-10-16-6-2-4-8-19(16)21-18/h2-11,23H,12-15H2,1H3. The van der Waals surface area contributed by atoms with Gasteiger partial charge in [-0.15, -0.1) is 0 Å². The average molecular weight is 322 g/mol. The lowest BCUT2D eigenvalue weighted by Crippen LogP contribution is -2.26. The second-order valence-corrected chi connectivity index (χ2v) is 5.74. The van der Waals surface area contributed by atoms with Crippen molar-refractivity contribution in [1.29, 1.82) is 0 Å². The molecule has 3 rings (SSSR count). The molecule has 0 amide bonds. The van der Waals surface area contributed by atoms with Crippen LogP contribution in [0.15, 0.2) is 60.7 Å². The van der Waals surface area contributed by atoms with Crippen molar-refractivity contribution in [2.45, 2.75) is 13.1 Å². The highest BCUT2D eigenvalue weighted by atomic mass is 16.5. The van der Waals surface area contributed by atoms with Crippen LogP contribution in [0.25, 0.3) is 10.9 Å². The molecule has 1 aromatic heterocycles. The van der Waals surface area contributed by atoms with Gasteiger partial charge in [0.15, 0.2) is 0 Å². The number of nitrogens with zero attached hydrogens (tertiary/aromatic N) is 2. The molecule has 0 atom stereocenters. The molecular weight excluding hydrogens is 300 g/mol. The number of hydrogen-bond donors (Lipinski definition) is 1. The number of aliphatic hydroxyl groups excluding tert-OH is 1. The first-order chi connectivity index (χ1) is 11.8. The fraction of sp³-hybridized carbons (Fsp3) is 0.250. The van der Waals surface area contributed by atoms with Gasteiger partial charge < -0.3 is 9.84 Å². The first-order valence-corrected chi connectivity index (χ1v) is 8.10. The van der Waals surface area contributed by atoms with Crippen molar-refractivity contribution < 1.29 is 9.84 Å². The normalized spacial score (nSPS) is 11.1. The summed E-state index contributed by atoms with van der Waals surface area (Å²) in [5.74, 6) is 0.868. The van der Waals surface area contributed by atoms with Crippen LogP contribution in [0.2, 0.25) is 0 Å². The van der Waals surface area contributed by atoms with E-state index in [-0.39, 0.29) is 6.61 Å². The summed E-state index contributed by atoms with van der Waals surface area (Å²) >= 11 is 0. The van der Waals surface area contributed by atoms with Crippen molar-refractivity contribution in [1.82, 2.24) is 9.88 Å². The summed E-state index contributed by atoms with van der Waals surface area (Å²) in [7, 11) is 1.68. The Balaban J connectivity index is 1.79. The Kier molecular flexibility index (Phi) is 5.41. The van der Waals surface area contributed by atoms with Gasteiger partial charge in [-0.3, -0.25) is 9.88 Å². The van der Waals surface area contributed by atoms with E-state index in [0.29, 0.717) is 19.6 Å². The van der Waals surface area contributed by atoms with Crippen LogP contribution in [0.3, 0.4) is 0 Å². The predicted octanol–water partition coefficient (Wildman–Crippen LogP) is 3.24. The van der Waals surface area contributed by atoms with Crippen molar-refractivity contribution >= 4 is 10.9 Å². The van der Waals surface area contributed by atoms with Crippen molar-refractivity contribution in [2.75, 3.05) is 20.3 Å². The Morgan fingerprint density at radius 2 is 1.75 bits per heavy atom. The Hall–Kier alpha value is -2.43. The number of pyridine rings is 1. The molecule has 0 spiro atoms. The zero-order chi connectivity index (χ0) is 16.8. The summed E-state index contributed by atoms with van der Waals surface area (Å²) in [5.41, 5.74) is 3.10. The summed E-state index contributed by atoms with van der Waals surface area (Å²) in [5, 5.41) is 10.5. The lowest BCUT2D eigenvalue weighted by Gasteiger charge is -2.22. The zero-order valence-corrected chi connectivity index (χ0v) is 13.9. The largest absolute Gasteiger partial charge is 0.496 e. The van der Waals surface area contributed by atoms with Crippen LogP contribution in [0.5, 0.6) is 5.75 Å². The molecule has 1 N–H and O–H groups in total. The number of aromatic nitrogens is 1. The third kappa shape index (κ3) is 3.91. The van der Waals surface area contributed by atoms with Crippen LogP contribution in [-0.2, 0) is 13.1 Å². The molecule has 124 valence electrons. The molecule has 0 saturated carbocycles. The van der Waals surface area contributed by atoms with Crippen molar-refractivity contribution in [3.8, 4) is 5.75 Å².